The van der Waals surface area contributed by atoms with Crippen LogP contribution in [0.25, 0.3) is 10.4 Å². The number of rotatable bonds is 3. The molecule has 0 bridgehead atoms. The fraction of sp³-hybridized carbons (Fsp3) is 0.500. The molecule has 0 radical (unpaired) electrons. The highest BCUT2D eigenvalue weighted by Crippen LogP contribution is 2.51. The second-order valence-corrected chi connectivity index (χ2v) is 9.61. The maximum atomic E-state index is 13.6. The van der Waals surface area contributed by atoms with Gasteiger partial charge >= 0.3 is 0 Å². The molecule has 6 heteroatoms. The lowest BCUT2D eigenvalue weighted by molar-refractivity contribution is -0.127. The predicted molar refractivity (Wildman–Crippen MR) is 111 cm³/mol. The number of amides is 2. The molecule has 3 atom stereocenters. The van der Waals surface area contributed by atoms with E-state index in [1.165, 1.54) is 11.1 Å². The Labute approximate surface area is 170 Å². The number of nitrogens with two attached hydrogens (primary N) is 1. The van der Waals surface area contributed by atoms with Crippen molar-refractivity contribution in [3.05, 3.63) is 40.0 Å². The van der Waals surface area contributed by atoms with Crippen LogP contribution in [0.4, 0.5) is 0 Å². The zero-order chi connectivity index (χ0) is 20.2. The second kappa shape index (κ2) is 6.69. The van der Waals surface area contributed by atoms with Crippen LogP contribution in [-0.2, 0) is 4.79 Å². The van der Waals surface area contributed by atoms with Gasteiger partial charge in [0.2, 0.25) is 5.91 Å². The van der Waals surface area contributed by atoms with Crippen molar-refractivity contribution in [3.8, 4) is 10.4 Å². The van der Waals surface area contributed by atoms with Crippen molar-refractivity contribution in [1.29, 1.82) is 0 Å². The Balaban J connectivity index is 1.75. The van der Waals surface area contributed by atoms with Crippen LogP contribution in [0.2, 0.25) is 0 Å². The highest BCUT2D eigenvalue weighted by Gasteiger charge is 2.58. The van der Waals surface area contributed by atoms with Crippen molar-refractivity contribution in [1.82, 2.24) is 9.88 Å². The summed E-state index contributed by atoms with van der Waals surface area (Å²) >= 11 is 1.55. The van der Waals surface area contributed by atoms with E-state index in [4.69, 9.17) is 5.73 Å². The summed E-state index contributed by atoms with van der Waals surface area (Å²) in [7, 11) is 0. The molecule has 5 nitrogen and oxygen atoms in total. The predicted octanol–water partition coefficient (Wildman–Crippen LogP) is 3.99. The van der Waals surface area contributed by atoms with Gasteiger partial charge in [-0.15, -0.1) is 11.3 Å². The molecule has 148 valence electrons. The van der Waals surface area contributed by atoms with Gasteiger partial charge < -0.3 is 10.6 Å². The molecule has 2 aromatic rings. The molecule has 2 N–H and O–H groups in total. The Kier molecular flexibility index (Phi) is 4.57. The van der Waals surface area contributed by atoms with Crippen molar-refractivity contribution >= 4 is 23.2 Å². The van der Waals surface area contributed by atoms with Crippen LogP contribution in [0.15, 0.2) is 18.2 Å². The monoisotopic (exact) mass is 397 g/mol. The van der Waals surface area contributed by atoms with Crippen LogP contribution in [-0.4, -0.2) is 33.8 Å². The van der Waals surface area contributed by atoms with Gasteiger partial charge in [-0.3, -0.25) is 9.59 Å². The van der Waals surface area contributed by atoms with Gasteiger partial charge in [-0.2, -0.15) is 0 Å². The SMILES string of the molecule is Cc1nc(C(=O)N2[C@H]3CCC[C@]3(C(N)=O)C[C@@H]2C)c(-c2ccc(C)c(C)c2)s1. The topological polar surface area (TPSA) is 76.3 Å². The molecule has 1 saturated carbocycles. The Bertz CT molecular complexity index is 967. The zero-order valence-electron chi connectivity index (χ0n) is 16.9. The van der Waals surface area contributed by atoms with Gasteiger partial charge in [-0.1, -0.05) is 24.6 Å². The Morgan fingerprint density at radius 1 is 1.25 bits per heavy atom. The van der Waals surface area contributed by atoms with E-state index in [2.05, 4.69) is 37.0 Å². The number of nitrogens with zero attached hydrogens (tertiary/aromatic N) is 2. The number of fused-ring (bicyclic) bond motifs is 1. The van der Waals surface area contributed by atoms with E-state index in [0.29, 0.717) is 12.1 Å². The highest BCUT2D eigenvalue weighted by atomic mass is 32.1. The zero-order valence-corrected chi connectivity index (χ0v) is 17.7. The largest absolute Gasteiger partial charge is 0.369 e. The van der Waals surface area contributed by atoms with E-state index >= 15 is 0 Å². The number of benzene rings is 1. The van der Waals surface area contributed by atoms with Gasteiger partial charge in [0.15, 0.2) is 0 Å². The van der Waals surface area contributed by atoms with Gasteiger partial charge in [0, 0.05) is 12.1 Å². The summed E-state index contributed by atoms with van der Waals surface area (Å²) in [5, 5.41) is 0.871. The van der Waals surface area contributed by atoms with E-state index < -0.39 is 5.41 Å². The third-order valence-electron chi connectivity index (χ3n) is 6.64. The molecule has 1 aliphatic carbocycles. The molecule has 1 aliphatic heterocycles. The highest BCUT2D eigenvalue weighted by molar-refractivity contribution is 7.15. The van der Waals surface area contributed by atoms with Crippen LogP contribution in [0.1, 0.15) is 59.2 Å². The van der Waals surface area contributed by atoms with Crippen molar-refractivity contribution in [2.24, 2.45) is 11.1 Å². The Hall–Kier alpha value is -2.21. The van der Waals surface area contributed by atoms with Crippen molar-refractivity contribution in [2.75, 3.05) is 0 Å². The fourth-order valence-corrected chi connectivity index (χ4v) is 6.04. The molecule has 2 fully saturated rings. The minimum atomic E-state index is -0.569. The molecule has 2 amide bonds. The number of aryl methyl sites for hydroxylation is 3. The van der Waals surface area contributed by atoms with Crippen LogP contribution >= 0.6 is 11.3 Å². The van der Waals surface area contributed by atoms with E-state index in [9.17, 15) is 9.59 Å². The molecular weight excluding hydrogens is 370 g/mol. The summed E-state index contributed by atoms with van der Waals surface area (Å²) in [6, 6.07) is 6.14. The summed E-state index contributed by atoms with van der Waals surface area (Å²) in [6.45, 7) is 8.12. The number of likely N-dealkylation sites (tertiary alicyclic amines) is 1. The number of aromatic nitrogens is 1. The number of carbonyl (C=O) groups is 2. The molecule has 2 aliphatic rings. The summed E-state index contributed by atoms with van der Waals surface area (Å²) in [5.74, 6) is -0.332. The summed E-state index contributed by atoms with van der Waals surface area (Å²) < 4.78 is 0. The van der Waals surface area contributed by atoms with E-state index in [0.717, 1.165) is 34.7 Å². The van der Waals surface area contributed by atoms with E-state index in [1.807, 2.05) is 18.7 Å². The standard InChI is InChI=1S/C22H27N3O2S/c1-12-7-8-16(10-13(12)2)19-18(24-15(4)28-19)20(26)25-14(3)11-22(21(23)27)9-5-6-17(22)25/h7-8,10,14,17H,5-6,9,11H2,1-4H3,(H2,23,27)/t14-,17-,22-/m0/s1. The smallest absolute Gasteiger partial charge is 0.274 e. The first kappa shape index (κ1) is 19.1. The lowest BCUT2D eigenvalue weighted by atomic mass is 9.80. The second-order valence-electron chi connectivity index (χ2n) is 8.40. The number of thiazole rings is 1. The summed E-state index contributed by atoms with van der Waals surface area (Å²) in [4.78, 5) is 33.4. The molecular formula is C22H27N3O2S. The van der Waals surface area contributed by atoms with E-state index in [1.54, 1.807) is 11.3 Å². The van der Waals surface area contributed by atoms with E-state index in [-0.39, 0.29) is 23.9 Å². The minimum absolute atomic E-state index is 0.0140. The molecule has 0 spiro atoms. The summed E-state index contributed by atoms with van der Waals surface area (Å²) in [5.41, 5.74) is 9.18. The molecule has 28 heavy (non-hydrogen) atoms. The molecule has 1 aromatic carbocycles. The number of hydrogen-bond donors (Lipinski definition) is 1. The number of primary amides is 1. The van der Waals surface area contributed by atoms with Crippen molar-refractivity contribution in [3.63, 3.8) is 0 Å². The summed E-state index contributed by atoms with van der Waals surface area (Å²) in [6.07, 6.45) is 3.20. The first-order valence-electron chi connectivity index (χ1n) is 9.92. The molecule has 4 rings (SSSR count). The molecule has 1 aromatic heterocycles. The van der Waals surface area contributed by atoms with Gasteiger partial charge in [-0.25, -0.2) is 4.98 Å². The lowest BCUT2D eigenvalue weighted by Gasteiger charge is -2.30. The average Bonchev–Trinajstić information content (AvgIpc) is 3.28. The van der Waals surface area contributed by atoms with Gasteiger partial charge in [0.05, 0.1) is 15.3 Å². The maximum absolute atomic E-state index is 13.6. The Morgan fingerprint density at radius 3 is 2.68 bits per heavy atom. The van der Waals surface area contributed by atoms with Gasteiger partial charge in [-0.05, 0) is 63.6 Å². The van der Waals surface area contributed by atoms with Gasteiger partial charge in [0.1, 0.15) is 5.69 Å². The van der Waals surface area contributed by atoms with Crippen LogP contribution in [0, 0.1) is 26.2 Å². The first-order chi connectivity index (χ1) is 13.2. The number of carbonyl (C=O) groups excluding carboxylic acids is 2. The first-order valence-corrected chi connectivity index (χ1v) is 10.7. The lowest BCUT2D eigenvalue weighted by Crippen LogP contribution is -2.46. The maximum Gasteiger partial charge on any atom is 0.274 e. The molecule has 0 unspecified atom stereocenters. The molecule has 1 saturated heterocycles. The normalized spacial score (nSPS) is 26.5. The van der Waals surface area contributed by atoms with Crippen molar-refractivity contribution < 1.29 is 9.59 Å². The Morgan fingerprint density at radius 2 is 2.00 bits per heavy atom. The minimum Gasteiger partial charge on any atom is -0.369 e. The fourth-order valence-electron chi connectivity index (χ4n) is 5.13. The van der Waals surface area contributed by atoms with Gasteiger partial charge in [0.25, 0.3) is 5.91 Å². The third kappa shape index (κ3) is 2.77. The van der Waals surface area contributed by atoms with Crippen LogP contribution in [0.3, 0.4) is 0 Å². The number of hydrogen-bond acceptors (Lipinski definition) is 4. The van der Waals surface area contributed by atoms with Crippen LogP contribution in [0.5, 0.6) is 0 Å². The quantitative estimate of drug-likeness (QED) is 0.851. The van der Waals surface area contributed by atoms with Crippen molar-refractivity contribution in [2.45, 2.75) is 65.5 Å². The van der Waals surface area contributed by atoms with Crippen LogP contribution < -0.4 is 5.73 Å². The average molecular weight is 398 g/mol. The molecule has 2 heterocycles. The third-order valence-corrected chi connectivity index (χ3v) is 7.66.